The van der Waals surface area contributed by atoms with E-state index in [0.717, 1.165) is 5.92 Å². The zero-order chi connectivity index (χ0) is 16.1. The number of piperidine rings is 1. The van der Waals surface area contributed by atoms with Gasteiger partial charge in [-0.05, 0) is 44.2 Å². The first kappa shape index (κ1) is 16.8. The highest BCUT2D eigenvalue weighted by atomic mass is 15.2. The summed E-state index contributed by atoms with van der Waals surface area (Å²) in [7, 11) is 0. The van der Waals surface area contributed by atoms with E-state index in [2.05, 4.69) is 35.8 Å². The van der Waals surface area contributed by atoms with E-state index < -0.39 is 0 Å². The number of nitrogens with zero attached hydrogens (tertiary/aromatic N) is 3. The molecule has 3 heterocycles. The number of hydrogen-bond donors (Lipinski definition) is 0. The standard InChI is InChI=1S/C20H33N3/c1-17(2)16-23-15-8-5-11-19(23)18-10-9-12-21-20(18)22-13-6-3-4-7-14-22/h9-10,12,17,19H,3-8,11,13-16H2,1-2H3/t19-/m0/s1. The Kier molecular flexibility index (Phi) is 5.93. The van der Waals surface area contributed by atoms with Crippen LogP contribution in [0.15, 0.2) is 18.3 Å². The average molecular weight is 316 g/mol. The van der Waals surface area contributed by atoms with E-state index in [0.29, 0.717) is 6.04 Å². The largest absolute Gasteiger partial charge is 0.356 e. The lowest BCUT2D eigenvalue weighted by atomic mass is 9.94. The Morgan fingerprint density at radius 1 is 1.04 bits per heavy atom. The Morgan fingerprint density at radius 3 is 2.52 bits per heavy atom. The third-order valence-electron chi connectivity index (χ3n) is 5.29. The fraction of sp³-hybridized carbons (Fsp3) is 0.750. The van der Waals surface area contributed by atoms with Crippen molar-refractivity contribution in [3.63, 3.8) is 0 Å². The minimum Gasteiger partial charge on any atom is -0.356 e. The summed E-state index contributed by atoms with van der Waals surface area (Å²) >= 11 is 0. The molecule has 0 N–H and O–H groups in total. The molecule has 1 aromatic rings. The summed E-state index contributed by atoms with van der Waals surface area (Å²) in [6.45, 7) is 9.49. The highest BCUT2D eigenvalue weighted by Crippen LogP contribution is 2.36. The molecule has 0 spiro atoms. The lowest BCUT2D eigenvalue weighted by molar-refractivity contribution is 0.132. The van der Waals surface area contributed by atoms with E-state index in [1.54, 1.807) is 0 Å². The first-order valence-corrected chi connectivity index (χ1v) is 9.69. The molecule has 3 heteroatoms. The predicted octanol–water partition coefficient (Wildman–Crippen LogP) is 4.65. The molecule has 0 unspecified atom stereocenters. The number of hydrogen-bond acceptors (Lipinski definition) is 3. The van der Waals surface area contributed by atoms with Crippen LogP contribution in [0, 0.1) is 5.92 Å². The van der Waals surface area contributed by atoms with Crippen LogP contribution in [0.5, 0.6) is 0 Å². The second-order valence-corrected chi connectivity index (χ2v) is 7.72. The van der Waals surface area contributed by atoms with Crippen LogP contribution in [0.3, 0.4) is 0 Å². The van der Waals surface area contributed by atoms with Crippen molar-refractivity contribution in [2.75, 3.05) is 31.1 Å². The molecule has 1 atom stereocenters. The molecule has 1 aromatic heterocycles. The minimum atomic E-state index is 0.568. The van der Waals surface area contributed by atoms with Crippen molar-refractivity contribution in [3.8, 4) is 0 Å². The maximum atomic E-state index is 4.83. The van der Waals surface area contributed by atoms with E-state index in [1.807, 2.05) is 6.20 Å². The van der Waals surface area contributed by atoms with Gasteiger partial charge >= 0.3 is 0 Å². The molecule has 3 nitrogen and oxygen atoms in total. The van der Waals surface area contributed by atoms with Crippen LogP contribution in [-0.4, -0.2) is 36.1 Å². The van der Waals surface area contributed by atoms with Crippen molar-refractivity contribution in [1.82, 2.24) is 9.88 Å². The van der Waals surface area contributed by atoms with Crippen molar-refractivity contribution in [2.45, 2.75) is 64.8 Å². The first-order chi connectivity index (χ1) is 11.3. The van der Waals surface area contributed by atoms with Gasteiger partial charge in [-0.1, -0.05) is 39.2 Å². The van der Waals surface area contributed by atoms with Crippen molar-refractivity contribution in [1.29, 1.82) is 0 Å². The quantitative estimate of drug-likeness (QED) is 0.806. The van der Waals surface area contributed by atoms with E-state index in [4.69, 9.17) is 4.98 Å². The molecule has 0 aromatic carbocycles. The Balaban J connectivity index is 1.85. The number of pyridine rings is 1. The van der Waals surface area contributed by atoms with Gasteiger partial charge in [-0.2, -0.15) is 0 Å². The summed E-state index contributed by atoms with van der Waals surface area (Å²) < 4.78 is 0. The Hall–Kier alpha value is -1.09. The zero-order valence-electron chi connectivity index (χ0n) is 15.0. The first-order valence-electron chi connectivity index (χ1n) is 9.69. The average Bonchev–Trinajstić information content (AvgIpc) is 2.84. The number of likely N-dealkylation sites (tertiary alicyclic amines) is 1. The van der Waals surface area contributed by atoms with Gasteiger partial charge in [0.1, 0.15) is 5.82 Å². The maximum Gasteiger partial charge on any atom is 0.133 e. The number of aromatic nitrogens is 1. The molecule has 0 saturated carbocycles. The molecule has 0 aliphatic carbocycles. The number of rotatable bonds is 4. The summed E-state index contributed by atoms with van der Waals surface area (Å²) in [5, 5.41) is 0. The second-order valence-electron chi connectivity index (χ2n) is 7.72. The topological polar surface area (TPSA) is 19.4 Å². The van der Waals surface area contributed by atoms with Crippen LogP contribution < -0.4 is 4.90 Å². The highest BCUT2D eigenvalue weighted by molar-refractivity contribution is 5.48. The Labute approximate surface area is 142 Å². The highest BCUT2D eigenvalue weighted by Gasteiger charge is 2.28. The van der Waals surface area contributed by atoms with Gasteiger partial charge in [-0.15, -0.1) is 0 Å². The summed E-state index contributed by atoms with van der Waals surface area (Å²) in [5.41, 5.74) is 1.48. The van der Waals surface area contributed by atoms with Crippen molar-refractivity contribution >= 4 is 5.82 Å². The molecule has 0 amide bonds. The molecule has 3 rings (SSSR count). The SMILES string of the molecule is CC(C)CN1CCCC[C@H]1c1cccnc1N1CCCCCC1. The fourth-order valence-corrected chi connectivity index (χ4v) is 4.25. The van der Waals surface area contributed by atoms with Crippen molar-refractivity contribution in [2.24, 2.45) is 5.92 Å². The smallest absolute Gasteiger partial charge is 0.133 e. The van der Waals surface area contributed by atoms with Crippen LogP contribution in [0.2, 0.25) is 0 Å². The molecule has 23 heavy (non-hydrogen) atoms. The van der Waals surface area contributed by atoms with E-state index >= 15 is 0 Å². The lowest BCUT2D eigenvalue weighted by Crippen LogP contribution is -2.37. The van der Waals surface area contributed by atoms with Crippen LogP contribution in [-0.2, 0) is 0 Å². The van der Waals surface area contributed by atoms with Crippen molar-refractivity contribution < 1.29 is 0 Å². The van der Waals surface area contributed by atoms with Crippen molar-refractivity contribution in [3.05, 3.63) is 23.9 Å². The zero-order valence-corrected chi connectivity index (χ0v) is 15.0. The van der Waals surface area contributed by atoms with Crippen LogP contribution in [0.25, 0.3) is 0 Å². The van der Waals surface area contributed by atoms with E-state index in [-0.39, 0.29) is 0 Å². The molecule has 128 valence electrons. The second kappa shape index (κ2) is 8.14. The Morgan fingerprint density at radius 2 is 1.78 bits per heavy atom. The summed E-state index contributed by atoms with van der Waals surface area (Å²) in [6, 6.07) is 5.05. The molecular weight excluding hydrogens is 282 g/mol. The number of anilines is 1. The molecule has 2 aliphatic rings. The van der Waals surface area contributed by atoms with Gasteiger partial charge in [0.2, 0.25) is 0 Å². The maximum absolute atomic E-state index is 4.83. The van der Waals surface area contributed by atoms with Gasteiger partial charge < -0.3 is 4.90 Å². The monoisotopic (exact) mass is 315 g/mol. The van der Waals surface area contributed by atoms with Gasteiger partial charge in [-0.3, -0.25) is 4.90 Å². The summed E-state index contributed by atoms with van der Waals surface area (Å²) in [4.78, 5) is 10.1. The minimum absolute atomic E-state index is 0.568. The molecule has 2 fully saturated rings. The molecular formula is C20H33N3. The molecule has 0 bridgehead atoms. The molecule has 2 saturated heterocycles. The van der Waals surface area contributed by atoms with Crippen LogP contribution in [0.1, 0.15) is 70.4 Å². The lowest BCUT2D eigenvalue weighted by Gasteiger charge is -2.38. The molecule has 2 aliphatic heterocycles. The van der Waals surface area contributed by atoms with Gasteiger partial charge in [0.05, 0.1) is 0 Å². The van der Waals surface area contributed by atoms with Crippen LogP contribution >= 0.6 is 0 Å². The summed E-state index contributed by atoms with van der Waals surface area (Å²) in [5.74, 6) is 2.00. The summed E-state index contributed by atoms with van der Waals surface area (Å²) in [6.07, 6.45) is 11.4. The predicted molar refractivity (Wildman–Crippen MR) is 97.9 cm³/mol. The van der Waals surface area contributed by atoms with Gasteiger partial charge in [-0.25, -0.2) is 4.98 Å². The van der Waals surface area contributed by atoms with Gasteiger partial charge in [0.25, 0.3) is 0 Å². The third-order valence-corrected chi connectivity index (χ3v) is 5.29. The Bertz CT molecular complexity index is 478. The third kappa shape index (κ3) is 4.26. The fourth-order valence-electron chi connectivity index (χ4n) is 4.25. The molecule has 0 radical (unpaired) electrons. The van der Waals surface area contributed by atoms with Gasteiger partial charge in [0, 0.05) is 37.4 Å². The normalized spacial score (nSPS) is 24.0. The van der Waals surface area contributed by atoms with E-state index in [1.165, 1.54) is 82.5 Å². The van der Waals surface area contributed by atoms with Gasteiger partial charge in [0.15, 0.2) is 0 Å². The van der Waals surface area contributed by atoms with Crippen LogP contribution in [0.4, 0.5) is 5.82 Å². The van der Waals surface area contributed by atoms with E-state index in [9.17, 15) is 0 Å².